The highest BCUT2D eigenvalue weighted by Crippen LogP contribution is 1.93. The van der Waals surface area contributed by atoms with Crippen molar-refractivity contribution in [1.29, 1.82) is 0 Å². The van der Waals surface area contributed by atoms with Gasteiger partial charge in [-0.3, -0.25) is 14.7 Å². The van der Waals surface area contributed by atoms with Crippen LogP contribution in [0.5, 0.6) is 0 Å². The summed E-state index contributed by atoms with van der Waals surface area (Å²) < 4.78 is 0. The number of hydrogen-bond donors (Lipinski definition) is 3. The van der Waals surface area contributed by atoms with E-state index in [2.05, 4.69) is 25.8 Å². The Morgan fingerprint density at radius 2 is 1.88 bits per heavy atom. The second-order valence-corrected chi connectivity index (χ2v) is 4.10. The monoisotopic (exact) mass is 239 g/mol. The third-order valence-electron chi connectivity index (χ3n) is 1.97. The predicted octanol–water partition coefficient (Wildman–Crippen LogP) is -0.244. The first-order valence-corrected chi connectivity index (χ1v) is 5.40. The SMILES string of the molecule is Cc1nc(C(=O)NC(C)C(=O)NC(C)C)n[nH]1. The van der Waals surface area contributed by atoms with Gasteiger partial charge >= 0.3 is 0 Å². The molecule has 0 aliphatic heterocycles. The number of hydrogen-bond acceptors (Lipinski definition) is 4. The van der Waals surface area contributed by atoms with Crippen molar-refractivity contribution in [3.63, 3.8) is 0 Å². The number of carbonyl (C=O) groups excluding carboxylic acids is 2. The van der Waals surface area contributed by atoms with Crippen LogP contribution in [0.25, 0.3) is 0 Å². The van der Waals surface area contributed by atoms with Crippen LogP contribution >= 0.6 is 0 Å². The Hall–Kier alpha value is -1.92. The number of aromatic amines is 1. The lowest BCUT2D eigenvalue weighted by molar-refractivity contribution is -0.123. The number of amides is 2. The minimum Gasteiger partial charge on any atom is -0.352 e. The Morgan fingerprint density at radius 1 is 1.24 bits per heavy atom. The zero-order valence-corrected chi connectivity index (χ0v) is 10.4. The third-order valence-corrected chi connectivity index (χ3v) is 1.97. The van der Waals surface area contributed by atoms with Crippen LogP contribution in [0, 0.1) is 6.92 Å². The van der Waals surface area contributed by atoms with E-state index in [9.17, 15) is 9.59 Å². The van der Waals surface area contributed by atoms with Gasteiger partial charge < -0.3 is 10.6 Å². The minimum atomic E-state index is -0.622. The Kier molecular flexibility index (Phi) is 4.19. The Bertz CT molecular complexity index is 413. The second kappa shape index (κ2) is 5.42. The van der Waals surface area contributed by atoms with E-state index in [1.807, 2.05) is 13.8 Å². The van der Waals surface area contributed by atoms with Gasteiger partial charge in [0.25, 0.3) is 5.91 Å². The molecule has 1 aromatic rings. The number of aryl methyl sites for hydroxylation is 1. The van der Waals surface area contributed by atoms with Crippen molar-refractivity contribution in [2.24, 2.45) is 0 Å². The summed E-state index contributed by atoms with van der Waals surface area (Å²) >= 11 is 0. The molecule has 0 radical (unpaired) electrons. The summed E-state index contributed by atoms with van der Waals surface area (Å²) in [7, 11) is 0. The van der Waals surface area contributed by atoms with Gasteiger partial charge in [-0.2, -0.15) is 0 Å². The lowest BCUT2D eigenvalue weighted by Crippen LogP contribution is -2.47. The van der Waals surface area contributed by atoms with Gasteiger partial charge in [-0.1, -0.05) is 0 Å². The van der Waals surface area contributed by atoms with Gasteiger partial charge in [0.2, 0.25) is 11.7 Å². The fraction of sp³-hybridized carbons (Fsp3) is 0.600. The van der Waals surface area contributed by atoms with Crippen LogP contribution in [-0.2, 0) is 4.79 Å². The molecular formula is C10H17N5O2. The smallest absolute Gasteiger partial charge is 0.291 e. The van der Waals surface area contributed by atoms with Crippen LogP contribution in [0.4, 0.5) is 0 Å². The Morgan fingerprint density at radius 3 is 2.35 bits per heavy atom. The minimum absolute atomic E-state index is 0.0340. The van der Waals surface area contributed by atoms with Crippen molar-refractivity contribution in [1.82, 2.24) is 25.8 Å². The fourth-order valence-electron chi connectivity index (χ4n) is 1.18. The summed E-state index contributed by atoms with van der Waals surface area (Å²) in [6.07, 6.45) is 0. The molecule has 0 aliphatic rings. The molecule has 0 saturated heterocycles. The molecule has 1 unspecified atom stereocenters. The Balaban J connectivity index is 2.54. The molecule has 0 fully saturated rings. The first kappa shape index (κ1) is 13.1. The molecule has 3 N–H and O–H groups in total. The van der Waals surface area contributed by atoms with Gasteiger partial charge in [-0.15, -0.1) is 5.10 Å². The van der Waals surface area contributed by atoms with Crippen molar-refractivity contribution in [2.75, 3.05) is 0 Å². The molecule has 94 valence electrons. The number of H-pyrrole nitrogens is 1. The van der Waals surface area contributed by atoms with Gasteiger partial charge in [-0.05, 0) is 27.7 Å². The largest absolute Gasteiger partial charge is 0.352 e. The van der Waals surface area contributed by atoms with Gasteiger partial charge in [0.15, 0.2) is 0 Å². The number of nitrogens with zero attached hydrogens (tertiary/aromatic N) is 2. The Labute approximate surface area is 99.4 Å². The fourth-order valence-corrected chi connectivity index (χ4v) is 1.18. The lowest BCUT2D eigenvalue weighted by atomic mass is 10.2. The van der Waals surface area contributed by atoms with E-state index in [0.717, 1.165) is 0 Å². The summed E-state index contributed by atoms with van der Waals surface area (Å²) in [4.78, 5) is 27.0. The van der Waals surface area contributed by atoms with Crippen molar-refractivity contribution in [3.05, 3.63) is 11.6 Å². The number of rotatable bonds is 4. The average Bonchev–Trinajstić information content (AvgIpc) is 2.63. The van der Waals surface area contributed by atoms with E-state index in [-0.39, 0.29) is 17.8 Å². The van der Waals surface area contributed by atoms with E-state index in [1.54, 1.807) is 13.8 Å². The van der Waals surface area contributed by atoms with Crippen molar-refractivity contribution in [3.8, 4) is 0 Å². The molecule has 1 aromatic heterocycles. The van der Waals surface area contributed by atoms with Gasteiger partial charge in [0.1, 0.15) is 11.9 Å². The highest BCUT2D eigenvalue weighted by molar-refractivity contribution is 5.94. The third kappa shape index (κ3) is 3.86. The van der Waals surface area contributed by atoms with E-state index >= 15 is 0 Å². The molecule has 1 heterocycles. The van der Waals surface area contributed by atoms with Crippen LogP contribution in [0.15, 0.2) is 0 Å². The molecule has 1 atom stereocenters. The van der Waals surface area contributed by atoms with Crippen LogP contribution in [0.3, 0.4) is 0 Å². The maximum Gasteiger partial charge on any atom is 0.291 e. The number of carbonyl (C=O) groups is 2. The van der Waals surface area contributed by atoms with E-state index in [1.165, 1.54) is 0 Å². The van der Waals surface area contributed by atoms with Crippen LogP contribution in [0.2, 0.25) is 0 Å². The average molecular weight is 239 g/mol. The van der Waals surface area contributed by atoms with E-state index in [0.29, 0.717) is 5.82 Å². The van der Waals surface area contributed by atoms with Crippen LogP contribution < -0.4 is 10.6 Å². The summed E-state index contributed by atoms with van der Waals surface area (Å²) in [6, 6.07) is -0.587. The quantitative estimate of drug-likeness (QED) is 0.675. The lowest BCUT2D eigenvalue weighted by Gasteiger charge is -2.14. The molecule has 2 amide bonds. The molecular weight excluding hydrogens is 222 g/mol. The number of nitrogens with one attached hydrogen (secondary N) is 3. The molecule has 7 nitrogen and oxygen atoms in total. The van der Waals surface area contributed by atoms with Gasteiger partial charge in [0.05, 0.1) is 0 Å². The van der Waals surface area contributed by atoms with Crippen molar-refractivity contribution < 1.29 is 9.59 Å². The highest BCUT2D eigenvalue weighted by atomic mass is 16.2. The molecule has 1 rings (SSSR count). The molecule has 0 bridgehead atoms. The maximum atomic E-state index is 11.6. The summed E-state index contributed by atoms with van der Waals surface area (Å²) in [5.41, 5.74) is 0. The molecule has 0 aromatic carbocycles. The molecule has 0 saturated carbocycles. The summed E-state index contributed by atoms with van der Waals surface area (Å²) in [6.45, 7) is 7.00. The number of aromatic nitrogens is 3. The molecule has 17 heavy (non-hydrogen) atoms. The standard InChI is InChI=1S/C10H17N5O2/c1-5(2)11-9(16)6(3)12-10(17)8-13-7(4)14-15-8/h5-6H,1-4H3,(H,11,16)(H,12,17)(H,13,14,15). The van der Waals surface area contributed by atoms with Crippen LogP contribution in [-0.4, -0.2) is 39.1 Å². The van der Waals surface area contributed by atoms with Crippen LogP contribution in [0.1, 0.15) is 37.2 Å². The first-order valence-electron chi connectivity index (χ1n) is 5.40. The topological polar surface area (TPSA) is 99.8 Å². The molecule has 0 spiro atoms. The zero-order chi connectivity index (χ0) is 13.0. The van der Waals surface area contributed by atoms with E-state index < -0.39 is 11.9 Å². The first-order chi connectivity index (χ1) is 7.90. The predicted molar refractivity (Wildman–Crippen MR) is 61.3 cm³/mol. The summed E-state index contributed by atoms with van der Waals surface area (Å²) in [5.74, 6) is -0.123. The van der Waals surface area contributed by atoms with Gasteiger partial charge in [0, 0.05) is 6.04 Å². The normalized spacial score (nSPS) is 12.3. The molecule has 0 aliphatic carbocycles. The maximum absolute atomic E-state index is 11.6. The zero-order valence-electron chi connectivity index (χ0n) is 10.4. The van der Waals surface area contributed by atoms with Crippen molar-refractivity contribution >= 4 is 11.8 Å². The summed E-state index contributed by atoms with van der Waals surface area (Å²) in [5, 5.41) is 11.5. The second-order valence-electron chi connectivity index (χ2n) is 4.10. The highest BCUT2D eigenvalue weighted by Gasteiger charge is 2.19. The van der Waals surface area contributed by atoms with Crippen molar-refractivity contribution in [2.45, 2.75) is 39.8 Å². The molecule has 7 heteroatoms. The van der Waals surface area contributed by atoms with Gasteiger partial charge in [-0.25, -0.2) is 4.98 Å². The van der Waals surface area contributed by atoms with E-state index in [4.69, 9.17) is 0 Å².